The van der Waals surface area contributed by atoms with Crippen molar-refractivity contribution < 1.29 is 33.0 Å². The highest BCUT2D eigenvalue weighted by Crippen LogP contribution is 2.43. The molecule has 0 unspecified atom stereocenters. The maximum Gasteiger partial charge on any atom is 0.264 e. The average Bonchev–Trinajstić information content (AvgIpc) is 3.81. The minimum Gasteiger partial charge on any atom is -0.508 e. The lowest BCUT2D eigenvalue weighted by Gasteiger charge is -2.37. The van der Waals surface area contributed by atoms with E-state index < -0.39 is 13.0 Å². The first-order valence-corrected chi connectivity index (χ1v) is 18.1. The second kappa shape index (κ2) is 14.7. The van der Waals surface area contributed by atoms with Crippen LogP contribution < -0.4 is 19.7 Å². The molecule has 2 amide bonds. The van der Waals surface area contributed by atoms with E-state index in [0.717, 1.165) is 35.4 Å². The Hall–Kier alpha value is -5.68. The van der Waals surface area contributed by atoms with Gasteiger partial charge in [-0.05, 0) is 104 Å². The van der Waals surface area contributed by atoms with Crippen molar-refractivity contribution in [2.24, 2.45) is 0 Å². The number of ether oxygens (including phenoxy) is 2. The van der Waals surface area contributed by atoms with E-state index in [4.69, 9.17) is 9.47 Å². The van der Waals surface area contributed by atoms with Crippen LogP contribution in [0.2, 0.25) is 0 Å². The number of hydrogen-bond donors (Lipinski definition) is 2. The number of nitrogens with zero attached hydrogens (tertiary/aromatic N) is 3. The number of phenols is 1. The molecule has 0 saturated carbocycles. The molecule has 272 valence electrons. The van der Waals surface area contributed by atoms with Gasteiger partial charge in [0.2, 0.25) is 6.79 Å². The molecule has 8 rings (SSSR count). The number of para-hydroxylation sites is 1. The van der Waals surface area contributed by atoms with Crippen molar-refractivity contribution in [2.75, 3.05) is 24.8 Å². The van der Waals surface area contributed by atoms with Crippen molar-refractivity contribution in [3.63, 3.8) is 0 Å². The third-order valence-electron chi connectivity index (χ3n) is 10.4. The molecule has 1 aromatic heterocycles. The Labute approximate surface area is 306 Å². The van der Waals surface area contributed by atoms with Crippen LogP contribution in [0.1, 0.15) is 56.8 Å². The van der Waals surface area contributed by atoms with Gasteiger partial charge in [-0.3, -0.25) is 14.5 Å². The summed E-state index contributed by atoms with van der Waals surface area (Å²) in [4.78, 5) is 33.3. The highest BCUT2D eigenvalue weighted by Gasteiger charge is 2.35. The number of phenolic OH excluding ortho intramolecular Hbond substituents is 1. The molecule has 4 heterocycles. The van der Waals surface area contributed by atoms with E-state index in [1.807, 2.05) is 65.6 Å². The number of alkyl halides is 2. The molecular formula is C42H40F2N4O5. The molecule has 4 aromatic carbocycles. The highest BCUT2D eigenvalue weighted by atomic mass is 19.3. The molecule has 0 radical (unpaired) electrons. The molecule has 53 heavy (non-hydrogen) atoms. The molecule has 0 aliphatic carbocycles. The number of aromatic nitrogens is 1. The molecule has 9 nitrogen and oxygen atoms in total. The van der Waals surface area contributed by atoms with Crippen LogP contribution in [0.4, 0.5) is 20.2 Å². The Balaban J connectivity index is 1.22. The first-order chi connectivity index (χ1) is 25.9. The molecule has 11 heteroatoms. The van der Waals surface area contributed by atoms with Gasteiger partial charge in [0.15, 0.2) is 11.5 Å². The average molecular weight is 719 g/mol. The summed E-state index contributed by atoms with van der Waals surface area (Å²) in [6, 6.07) is 29.2. The minimum atomic E-state index is -2.46. The van der Waals surface area contributed by atoms with Crippen LogP contribution >= 0.6 is 0 Å². The summed E-state index contributed by atoms with van der Waals surface area (Å²) in [6.45, 7) is 0.998. The summed E-state index contributed by atoms with van der Waals surface area (Å²) in [5.41, 5.74) is 6.67. The number of anilines is 2. The minimum absolute atomic E-state index is 0.0244. The first-order valence-electron chi connectivity index (χ1n) is 18.1. The molecule has 2 N–H and O–H groups in total. The molecule has 0 spiro atoms. The Bertz CT molecular complexity index is 2140. The van der Waals surface area contributed by atoms with Crippen LogP contribution in [0, 0.1) is 0 Å². The first kappa shape index (κ1) is 34.4. The summed E-state index contributed by atoms with van der Waals surface area (Å²) >= 11 is 0. The lowest BCUT2D eigenvalue weighted by Crippen LogP contribution is -2.45. The number of nitrogens with one attached hydrogen (secondary N) is 1. The third-order valence-corrected chi connectivity index (χ3v) is 10.4. The fourth-order valence-corrected chi connectivity index (χ4v) is 7.82. The lowest BCUT2D eigenvalue weighted by atomic mass is 9.91. The number of halogens is 2. The van der Waals surface area contributed by atoms with E-state index >= 15 is 0 Å². The van der Waals surface area contributed by atoms with Crippen molar-refractivity contribution in [3.8, 4) is 28.5 Å². The summed E-state index contributed by atoms with van der Waals surface area (Å²) in [5.74, 6) is 0.649. The Morgan fingerprint density at radius 1 is 0.868 bits per heavy atom. The highest BCUT2D eigenvalue weighted by molar-refractivity contribution is 6.12. The fourth-order valence-electron chi connectivity index (χ4n) is 7.82. The summed E-state index contributed by atoms with van der Waals surface area (Å²) in [5, 5.41) is 12.9. The molecule has 0 fully saturated rings. The number of benzene rings is 4. The summed E-state index contributed by atoms with van der Waals surface area (Å²) in [7, 11) is 0. The van der Waals surface area contributed by atoms with Gasteiger partial charge in [0, 0.05) is 47.5 Å². The zero-order valence-electron chi connectivity index (χ0n) is 29.1. The van der Waals surface area contributed by atoms with Crippen molar-refractivity contribution in [1.82, 2.24) is 14.8 Å². The molecule has 0 saturated heterocycles. The maximum absolute atomic E-state index is 15.0. The van der Waals surface area contributed by atoms with Crippen LogP contribution in [0.3, 0.4) is 0 Å². The van der Waals surface area contributed by atoms with Crippen molar-refractivity contribution >= 4 is 23.2 Å². The quantitative estimate of drug-likeness (QED) is 0.144. The smallest absolute Gasteiger partial charge is 0.264 e. The molecular weight excluding hydrogens is 678 g/mol. The predicted molar refractivity (Wildman–Crippen MR) is 197 cm³/mol. The van der Waals surface area contributed by atoms with Gasteiger partial charge >= 0.3 is 0 Å². The van der Waals surface area contributed by atoms with Crippen LogP contribution in [-0.2, 0) is 25.9 Å². The largest absolute Gasteiger partial charge is 0.508 e. The zero-order chi connectivity index (χ0) is 36.5. The van der Waals surface area contributed by atoms with Gasteiger partial charge in [-0.25, -0.2) is 8.78 Å². The zero-order valence-corrected chi connectivity index (χ0v) is 29.1. The Kier molecular flexibility index (Phi) is 9.57. The number of hydrogen-bond acceptors (Lipinski definition) is 6. The Morgan fingerprint density at radius 2 is 1.58 bits per heavy atom. The van der Waals surface area contributed by atoms with Gasteiger partial charge < -0.3 is 29.4 Å². The van der Waals surface area contributed by atoms with Crippen LogP contribution in [-0.4, -0.2) is 58.7 Å². The van der Waals surface area contributed by atoms with Crippen molar-refractivity contribution in [1.29, 1.82) is 0 Å². The van der Waals surface area contributed by atoms with Gasteiger partial charge in [-0.15, -0.1) is 0 Å². The molecule has 0 bridgehead atoms. The number of rotatable bonds is 10. The second-order valence-electron chi connectivity index (χ2n) is 13.7. The number of amides is 2. The van der Waals surface area contributed by atoms with Crippen LogP contribution in [0.15, 0.2) is 97.1 Å². The van der Waals surface area contributed by atoms with Crippen LogP contribution in [0.25, 0.3) is 11.3 Å². The van der Waals surface area contributed by atoms with E-state index in [0.29, 0.717) is 78.5 Å². The van der Waals surface area contributed by atoms with E-state index in [1.54, 1.807) is 35.2 Å². The maximum atomic E-state index is 15.0. The van der Waals surface area contributed by atoms with Gasteiger partial charge in [0.1, 0.15) is 5.75 Å². The summed E-state index contributed by atoms with van der Waals surface area (Å²) in [6.07, 6.45) is 1.15. The number of aromatic hydroxyl groups is 1. The fraction of sp³-hybridized carbons (Fsp3) is 0.286. The third kappa shape index (κ3) is 6.84. The monoisotopic (exact) mass is 718 g/mol. The molecule has 3 aliphatic rings. The molecule has 1 atom stereocenters. The van der Waals surface area contributed by atoms with Crippen molar-refractivity contribution in [2.45, 2.75) is 57.7 Å². The SMILES string of the molecule is O=C(c1cc(-c2cc3c(cc2C(=O)N2Cc4ccccc4C[C@H]2CCNCC(F)F)OCO3)n2c1CCCC2)N(c1ccccc1)c1ccc(O)cc1. The molecule has 3 aliphatic heterocycles. The lowest BCUT2D eigenvalue weighted by molar-refractivity contribution is 0.0626. The number of fused-ring (bicyclic) bond motifs is 3. The van der Waals surface area contributed by atoms with E-state index in [-0.39, 0.29) is 30.4 Å². The standard InChI is InChI=1S/C42H40F2N4O5/c43-40(44)24-45-18-17-31-20-27-8-4-5-9-28(27)25-47(31)41(50)34-23-39-38(52-26-53-39)22-33(34)37-21-35(36-12-6-7-19-46(36)37)42(51)48(29-10-2-1-3-11-29)30-13-15-32(49)16-14-30/h1-5,8-11,13-16,21-23,31,40,45,49H,6-7,12,17-20,24-26H2/t31-/m1/s1. The van der Waals surface area contributed by atoms with E-state index in [1.165, 1.54) is 0 Å². The normalized spacial score (nSPS) is 16.0. The van der Waals surface area contributed by atoms with E-state index in [2.05, 4.69) is 16.0 Å². The Morgan fingerprint density at radius 3 is 2.36 bits per heavy atom. The van der Waals surface area contributed by atoms with Gasteiger partial charge in [-0.1, -0.05) is 42.5 Å². The summed E-state index contributed by atoms with van der Waals surface area (Å²) < 4.78 is 39.7. The molecule has 5 aromatic rings. The van der Waals surface area contributed by atoms with Crippen LogP contribution in [0.5, 0.6) is 17.2 Å². The topological polar surface area (TPSA) is 96.3 Å². The van der Waals surface area contributed by atoms with Gasteiger partial charge in [-0.2, -0.15) is 0 Å². The van der Waals surface area contributed by atoms with Gasteiger partial charge in [0.05, 0.1) is 17.7 Å². The number of carbonyl (C=O) groups excluding carboxylic acids is 2. The predicted octanol–water partition coefficient (Wildman–Crippen LogP) is 7.72. The van der Waals surface area contributed by atoms with Crippen molar-refractivity contribution in [3.05, 3.63) is 125 Å². The second-order valence-corrected chi connectivity index (χ2v) is 13.7. The van der Waals surface area contributed by atoms with Gasteiger partial charge in [0.25, 0.3) is 18.2 Å². The number of carbonyl (C=O) groups is 2. The van der Waals surface area contributed by atoms with E-state index in [9.17, 15) is 23.5 Å².